The third kappa shape index (κ3) is 5.23. The predicted octanol–water partition coefficient (Wildman–Crippen LogP) is 2.86. The minimum Gasteiger partial charge on any atom is -0.383 e. The van der Waals surface area contributed by atoms with Crippen molar-refractivity contribution in [3.63, 3.8) is 0 Å². The maximum Gasteiger partial charge on any atom is 0.253 e. The Bertz CT molecular complexity index is 1200. The van der Waals surface area contributed by atoms with E-state index in [4.69, 9.17) is 10.5 Å². The zero-order valence-electron chi connectivity index (χ0n) is 17.3. The number of ether oxygens (including phenoxy) is 1. The van der Waals surface area contributed by atoms with Gasteiger partial charge in [0.2, 0.25) is 0 Å². The van der Waals surface area contributed by atoms with Gasteiger partial charge in [-0.15, -0.1) is 0 Å². The number of fused-ring (bicyclic) bond motifs is 1. The lowest BCUT2D eigenvalue weighted by Gasteiger charge is -2.09. The Hall–Kier alpha value is -3.78. The lowest BCUT2D eigenvalue weighted by atomic mass is 10.1. The van der Waals surface area contributed by atoms with Crippen molar-refractivity contribution < 1.29 is 9.53 Å². The van der Waals surface area contributed by atoms with Crippen LogP contribution in [0.3, 0.4) is 0 Å². The standard InChI is InChI=1S/C23H24N6O2/c1-16-10-28-29(14-16)6-7-31-15-18-9-20(13-25-11-18)23(30)27-12-17-2-3-21-19(8-17)4-5-26-22(21)24/h2-5,8-11,13-14H,6-7,12,15H2,1H3,(H2,24,26)(H,27,30). The van der Waals surface area contributed by atoms with Crippen LogP contribution in [0.15, 0.2) is 61.3 Å². The van der Waals surface area contributed by atoms with Gasteiger partial charge in [-0.2, -0.15) is 5.10 Å². The molecule has 0 bridgehead atoms. The molecule has 3 N–H and O–H groups in total. The van der Waals surface area contributed by atoms with Crippen LogP contribution < -0.4 is 11.1 Å². The third-order valence-electron chi connectivity index (χ3n) is 4.87. The number of rotatable bonds is 8. The molecule has 1 aromatic carbocycles. The molecular weight excluding hydrogens is 392 g/mol. The number of nitrogens with two attached hydrogens (primary N) is 1. The van der Waals surface area contributed by atoms with Crippen LogP contribution in [0.1, 0.15) is 27.0 Å². The Balaban J connectivity index is 1.30. The largest absolute Gasteiger partial charge is 0.383 e. The van der Waals surface area contributed by atoms with E-state index in [0.717, 1.165) is 27.5 Å². The van der Waals surface area contributed by atoms with E-state index in [1.54, 1.807) is 24.7 Å². The maximum absolute atomic E-state index is 12.6. The van der Waals surface area contributed by atoms with E-state index in [2.05, 4.69) is 20.4 Å². The van der Waals surface area contributed by atoms with Crippen molar-refractivity contribution in [1.29, 1.82) is 0 Å². The van der Waals surface area contributed by atoms with Gasteiger partial charge >= 0.3 is 0 Å². The smallest absolute Gasteiger partial charge is 0.253 e. The number of anilines is 1. The van der Waals surface area contributed by atoms with E-state index in [9.17, 15) is 4.79 Å². The van der Waals surface area contributed by atoms with Crippen LogP contribution in [0.4, 0.5) is 5.82 Å². The predicted molar refractivity (Wildman–Crippen MR) is 118 cm³/mol. The summed E-state index contributed by atoms with van der Waals surface area (Å²) in [7, 11) is 0. The maximum atomic E-state index is 12.6. The van der Waals surface area contributed by atoms with Crippen LogP contribution >= 0.6 is 0 Å². The summed E-state index contributed by atoms with van der Waals surface area (Å²) in [6.45, 7) is 3.99. The number of aromatic nitrogens is 4. The minimum absolute atomic E-state index is 0.185. The van der Waals surface area contributed by atoms with Crippen LogP contribution in [-0.4, -0.2) is 32.3 Å². The molecule has 3 heterocycles. The van der Waals surface area contributed by atoms with E-state index in [1.165, 1.54) is 0 Å². The van der Waals surface area contributed by atoms with Crippen molar-refractivity contribution >= 4 is 22.5 Å². The first-order valence-electron chi connectivity index (χ1n) is 10.0. The summed E-state index contributed by atoms with van der Waals surface area (Å²) >= 11 is 0. The molecule has 0 fully saturated rings. The zero-order chi connectivity index (χ0) is 21.6. The molecule has 0 saturated heterocycles. The van der Waals surface area contributed by atoms with Crippen molar-refractivity contribution in [2.75, 3.05) is 12.3 Å². The topological polar surface area (TPSA) is 108 Å². The SMILES string of the molecule is Cc1cnn(CCOCc2cncc(C(=O)NCc3ccc4c(N)nccc4c3)c2)c1. The second-order valence-electron chi connectivity index (χ2n) is 7.35. The van der Waals surface area contributed by atoms with Crippen molar-refractivity contribution in [3.05, 3.63) is 83.6 Å². The second-order valence-corrected chi connectivity index (χ2v) is 7.35. The Morgan fingerprint density at radius 3 is 2.90 bits per heavy atom. The molecule has 0 aliphatic carbocycles. The highest BCUT2D eigenvalue weighted by Gasteiger charge is 2.08. The summed E-state index contributed by atoms with van der Waals surface area (Å²) in [5, 5.41) is 9.05. The molecule has 158 valence electrons. The van der Waals surface area contributed by atoms with Crippen molar-refractivity contribution in [2.45, 2.75) is 26.6 Å². The molecule has 8 nitrogen and oxygen atoms in total. The van der Waals surface area contributed by atoms with Gasteiger partial charge in [0.15, 0.2) is 0 Å². The summed E-state index contributed by atoms with van der Waals surface area (Å²) in [6.07, 6.45) is 8.72. The number of nitrogen functional groups attached to an aromatic ring is 1. The number of amides is 1. The van der Waals surface area contributed by atoms with Crippen LogP contribution in [0.2, 0.25) is 0 Å². The van der Waals surface area contributed by atoms with Crippen molar-refractivity contribution in [2.24, 2.45) is 0 Å². The van der Waals surface area contributed by atoms with Gasteiger partial charge in [-0.3, -0.25) is 14.5 Å². The van der Waals surface area contributed by atoms with Gasteiger partial charge < -0.3 is 15.8 Å². The van der Waals surface area contributed by atoms with Gasteiger partial charge in [0.25, 0.3) is 5.91 Å². The van der Waals surface area contributed by atoms with Crippen LogP contribution in [-0.2, 0) is 24.4 Å². The monoisotopic (exact) mass is 416 g/mol. The van der Waals surface area contributed by atoms with Gasteiger partial charge in [0.05, 0.1) is 31.5 Å². The van der Waals surface area contributed by atoms with E-state index >= 15 is 0 Å². The summed E-state index contributed by atoms with van der Waals surface area (Å²) in [5.41, 5.74) is 9.33. The molecule has 0 aliphatic rings. The third-order valence-corrected chi connectivity index (χ3v) is 4.87. The molecule has 0 atom stereocenters. The lowest BCUT2D eigenvalue weighted by molar-refractivity contribution is 0.0949. The van der Waals surface area contributed by atoms with Gasteiger partial charge in [-0.1, -0.05) is 12.1 Å². The molecule has 0 radical (unpaired) electrons. The molecule has 4 rings (SSSR count). The van der Waals surface area contributed by atoms with Crippen molar-refractivity contribution in [3.8, 4) is 0 Å². The first-order chi connectivity index (χ1) is 15.1. The van der Waals surface area contributed by atoms with Crippen LogP contribution in [0.25, 0.3) is 10.8 Å². The molecule has 4 aromatic rings. The van der Waals surface area contributed by atoms with E-state index in [-0.39, 0.29) is 5.91 Å². The zero-order valence-corrected chi connectivity index (χ0v) is 17.3. The van der Waals surface area contributed by atoms with Gasteiger partial charge in [-0.05, 0) is 47.2 Å². The highest BCUT2D eigenvalue weighted by molar-refractivity contribution is 5.94. The fourth-order valence-electron chi connectivity index (χ4n) is 3.27. The number of aryl methyl sites for hydroxylation is 1. The van der Waals surface area contributed by atoms with E-state index in [0.29, 0.717) is 37.7 Å². The molecular formula is C23H24N6O2. The lowest BCUT2D eigenvalue weighted by Crippen LogP contribution is -2.23. The van der Waals surface area contributed by atoms with E-state index in [1.807, 2.05) is 48.3 Å². The van der Waals surface area contributed by atoms with Gasteiger partial charge in [0.1, 0.15) is 5.82 Å². The molecule has 0 aliphatic heterocycles. The quantitative estimate of drug-likeness (QED) is 0.428. The van der Waals surface area contributed by atoms with Gasteiger partial charge in [0, 0.05) is 36.7 Å². The number of pyridine rings is 2. The number of carbonyl (C=O) groups is 1. The van der Waals surface area contributed by atoms with Crippen LogP contribution in [0, 0.1) is 6.92 Å². The highest BCUT2D eigenvalue weighted by Crippen LogP contribution is 2.20. The number of hydrogen-bond acceptors (Lipinski definition) is 6. The average molecular weight is 416 g/mol. The van der Waals surface area contributed by atoms with E-state index < -0.39 is 0 Å². The number of hydrogen-bond donors (Lipinski definition) is 2. The molecule has 1 amide bonds. The molecule has 0 unspecified atom stereocenters. The van der Waals surface area contributed by atoms with Crippen LogP contribution in [0.5, 0.6) is 0 Å². The highest BCUT2D eigenvalue weighted by atomic mass is 16.5. The van der Waals surface area contributed by atoms with Crippen molar-refractivity contribution in [1.82, 2.24) is 25.1 Å². The summed E-state index contributed by atoms with van der Waals surface area (Å²) < 4.78 is 7.54. The molecule has 0 saturated carbocycles. The Labute approximate surface area is 180 Å². The normalized spacial score (nSPS) is 11.0. The fourth-order valence-corrected chi connectivity index (χ4v) is 3.27. The summed E-state index contributed by atoms with van der Waals surface area (Å²) in [5.74, 6) is 0.314. The Kier molecular flexibility index (Phi) is 6.18. The number of benzene rings is 1. The molecule has 31 heavy (non-hydrogen) atoms. The number of nitrogens with zero attached hydrogens (tertiary/aromatic N) is 4. The number of carbonyl (C=O) groups excluding carboxylic acids is 1. The first kappa shape index (κ1) is 20.5. The Morgan fingerprint density at radius 2 is 2.06 bits per heavy atom. The minimum atomic E-state index is -0.185. The summed E-state index contributed by atoms with van der Waals surface area (Å²) in [6, 6.07) is 9.55. The fraction of sp³-hybridized carbons (Fsp3) is 0.217. The van der Waals surface area contributed by atoms with Gasteiger partial charge in [-0.25, -0.2) is 4.98 Å². The average Bonchev–Trinajstić information content (AvgIpc) is 3.20. The molecule has 0 spiro atoms. The second kappa shape index (κ2) is 9.36. The number of nitrogens with one attached hydrogen (secondary N) is 1. The molecule has 8 heteroatoms. The Morgan fingerprint density at radius 1 is 1.16 bits per heavy atom. The molecule has 3 aromatic heterocycles. The first-order valence-corrected chi connectivity index (χ1v) is 10.0. The summed E-state index contributed by atoms with van der Waals surface area (Å²) in [4.78, 5) is 20.8.